The number of aromatic nitrogens is 1. The zero-order valence-corrected chi connectivity index (χ0v) is 12.3. The van der Waals surface area contributed by atoms with Crippen molar-refractivity contribution in [3.05, 3.63) is 41.5 Å². The highest BCUT2D eigenvalue weighted by atomic mass is 15.2. The van der Waals surface area contributed by atoms with E-state index in [0.29, 0.717) is 0 Å². The third-order valence-corrected chi connectivity index (χ3v) is 4.01. The molecular weight excluding hydrogens is 272 g/mol. The summed E-state index contributed by atoms with van der Waals surface area (Å²) < 4.78 is 0. The number of nitrogens with one attached hydrogen (secondary N) is 1. The molecule has 1 saturated heterocycles. The van der Waals surface area contributed by atoms with E-state index in [1.807, 2.05) is 42.5 Å². The zero-order chi connectivity index (χ0) is 15.4. The van der Waals surface area contributed by atoms with Crippen LogP contribution in [0.25, 0.3) is 17.0 Å². The van der Waals surface area contributed by atoms with Crippen molar-refractivity contribution in [3.8, 4) is 12.1 Å². The fourth-order valence-electron chi connectivity index (χ4n) is 2.91. The van der Waals surface area contributed by atoms with Gasteiger partial charge in [0.25, 0.3) is 5.82 Å². The molecule has 1 aliphatic rings. The van der Waals surface area contributed by atoms with E-state index in [2.05, 4.69) is 9.88 Å². The van der Waals surface area contributed by atoms with Crippen LogP contribution in [0.15, 0.2) is 35.9 Å². The number of H-pyrrole nitrogens is 1. The molecule has 0 atom stereocenters. The third kappa shape index (κ3) is 2.77. The average Bonchev–Trinajstić information content (AvgIpc) is 2.59. The molecule has 3 rings (SSSR count). The predicted octanol–water partition coefficient (Wildman–Crippen LogP) is 3.07. The minimum atomic E-state index is 0.127. The monoisotopic (exact) mass is 289 g/mol. The van der Waals surface area contributed by atoms with Crippen molar-refractivity contribution in [3.63, 3.8) is 0 Å². The summed E-state index contributed by atoms with van der Waals surface area (Å²) >= 11 is 0. The van der Waals surface area contributed by atoms with Crippen LogP contribution in [0, 0.1) is 22.7 Å². The van der Waals surface area contributed by atoms with Gasteiger partial charge in [-0.15, -0.1) is 0 Å². The number of nitrogens with zero attached hydrogens (tertiary/aromatic N) is 3. The molecule has 4 nitrogen and oxygen atoms in total. The fraction of sp³-hybridized carbons (Fsp3) is 0.278. The summed E-state index contributed by atoms with van der Waals surface area (Å²) in [6.07, 6.45) is 5.28. The summed E-state index contributed by atoms with van der Waals surface area (Å²) in [7, 11) is 0. The number of pyridine rings is 1. The Labute approximate surface area is 129 Å². The number of rotatable bonds is 2. The van der Waals surface area contributed by atoms with Gasteiger partial charge in [0.05, 0.1) is 18.7 Å². The first-order chi connectivity index (χ1) is 10.8. The lowest BCUT2D eigenvalue weighted by Crippen LogP contribution is -2.34. The summed E-state index contributed by atoms with van der Waals surface area (Å²) in [5.74, 6) is 1.00. The van der Waals surface area contributed by atoms with Gasteiger partial charge in [-0.25, -0.2) is 4.98 Å². The Hall–Kier alpha value is -2.85. The number of hydrogen-bond donors (Lipinski definition) is 0. The summed E-state index contributed by atoms with van der Waals surface area (Å²) in [5, 5.41) is 19.1. The van der Waals surface area contributed by atoms with E-state index in [0.717, 1.165) is 35.4 Å². The van der Waals surface area contributed by atoms with Crippen LogP contribution in [0.5, 0.6) is 0 Å². The number of benzene rings is 1. The number of anilines is 1. The number of piperidine rings is 1. The minimum Gasteiger partial charge on any atom is -0.261 e. The molecule has 1 aromatic carbocycles. The predicted molar refractivity (Wildman–Crippen MR) is 85.8 cm³/mol. The van der Waals surface area contributed by atoms with E-state index in [9.17, 15) is 0 Å². The Morgan fingerprint density at radius 3 is 2.55 bits per heavy atom. The van der Waals surface area contributed by atoms with Gasteiger partial charge in [0.1, 0.15) is 23.2 Å². The molecule has 0 aliphatic carbocycles. The van der Waals surface area contributed by atoms with E-state index in [1.165, 1.54) is 19.3 Å². The highest BCUT2D eigenvalue weighted by Crippen LogP contribution is 2.25. The van der Waals surface area contributed by atoms with Crippen LogP contribution in [0.2, 0.25) is 0 Å². The second-order valence-corrected chi connectivity index (χ2v) is 5.49. The smallest absolute Gasteiger partial charge is 0.261 e. The molecule has 1 aromatic heterocycles. The first-order valence-electron chi connectivity index (χ1n) is 7.54. The van der Waals surface area contributed by atoms with Gasteiger partial charge < -0.3 is 0 Å². The Balaban J connectivity index is 2.16. The van der Waals surface area contributed by atoms with Crippen LogP contribution < -0.4 is 9.88 Å². The average molecular weight is 289 g/mol. The molecular formula is C18H17N4+. The molecule has 0 saturated carbocycles. The SMILES string of the molecule is N#CC(C#N)=Cc1cc2ccccc2[nH+]c1N1CCCCC1. The largest absolute Gasteiger partial charge is 0.282 e. The zero-order valence-electron chi connectivity index (χ0n) is 12.3. The molecule has 1 N–H and O–H groups in total. The van der Waals surface area contributed by atoms with Gasteiger partial charge in [0.15, 0.2) is 0 Å². The Kier molecular flexibility index (Phi) is 4.03. The lowest BCUT2D eigenvalue weighted by atomic mass is 10.1. The first kappa shape index (κ1) is 14.1. The van der Waals surface area contributed by atoms with E-state index < -0.39 is 0 Å². The molecule has 0 bridgehead atoms. The van der Waals surface area contributed by atoms with Gasteiger partial charge >= 0.3 is 0 Å². The first-order valence-corrected chi connectivity index (χ1v) is 7.54. The van der Waals surface area contributed by atoms with Gasteiger partial charge in [0.2, 0.25) is 0 Å². The van der Waals surface area contributed by atoms with Crippen molar-refractivity contribution in [1.29, 1.82) is 10.5 Å². The maximum absolute atomic E-state index is 9.04. The second-order valence-electron chi connectivity index (χ2n) is 5.49. The van der Waals surface area contributed by atoms with Crippen LogP contribution in [-0.4, -0.2) is 13.1 Å². The number of nitriles is 2. The van der Waals surface area contributed by atoms with Crippen LogP contribution in [0.4, 0.5) is 5.82 Å². The fourth-order valence-corrected chi connectivity index (χ4v) is 2.91. The summed E-state index contributed by atoms with van der Waals surface area (Å²) in [6, 6.07) is 14.0. The standard InChI is InChI=1S/C18H16N4/c19-12-14(13-20)10-16-11-15-6-2-3-7-17(15)21-18(16)22-8-4-1-5-9-22/h2-3,6-7,10-11H,1,4-5,8-9H2/p+1. The number of allylic oxidation sites excluding steroid dienone is 1. The molecule has 2 aromatic rings. The molecule has 1 fully saturated rings. The minimum absolute atomic E-state index is 0.127. The molecule has 0 spiro atoms. The van der Waals surface area contributed by atoms with Crippen LogP contribution in [0.3, 0.4) is 0 Å². The summed E-state index contributed by atoms with van der Waals surface area (Å²) in [6.45, 7) is 2.01. The molecule has 0 amide bonds. The number of hydrogen-bond acceptors (Lipinski definition) is 3. The van der Waals surface area contributed by atoms with Crippen LogP contribution in [0.1, 0.15) is 24.8 Å². The van der Waals surface area contributed by atoms with Crippen molar-refractivity contribution < 1.29 is 4.98 Å². The third-order valence-electron chi connectivity index (χ3n) is 4.01. The lowest BCUT2D eigenvalue weighted by molar-refractivity contribution is -0.331. The summed E-state index contributed by atoms with van der Waals surface area (Å²) in [5.41, 5.74) is 2.09. The highest BCUT2D eigenvalue weighted by molar-refractivity contribution is 5.82. The summed E-state index contributed by atoms with van der Waals surface area (Å²) in [4.78, 5) is 5.79. The normalized spacial score (nSPS) is 14.2. The maximum Gasteiger partial charge on any atom is 0.282 e. The molecule has 108 valence electrons. The van der Waals surface area contributed by atoms with Crippen molar-refractivity contribution in [1.82, 2.24) is 0 Å². The topological polar surface area (TPSA) is 65.0 Å². The maximum atomic E-state index is 9.04. The molecule has 2 heterocycles. The number of fused-ring (bicyclic) bond motifs is 1. The van der Waals surface area contributed by atoms with Crippen LogP contribution in [-0.2, 0) is 0 Å². The molecule has 1 aliphatic heterocycles. The lowest BCUT2D eigenvalue weighted by Gasteiger charge is -2.22. The number of aromatic amines is 1. The molecule has 0 unspecified atom stereocenters. The van der Waals surface area contributed by atoms with Crippen molar-refractivity contribution in [2.24, 2.45) is 0 Å². The van der Waals surface area contributed by atoms with E-state index in [-0.39, 0.29) is 5.57 Å². The van der Waals surface area contributed by atoms with Gasteiger partial charge in [-0.1, -0.05) is 18.2 Å². The second kappa shape index (κ2) is 6.28. The van der Waals surface area contributed by atoms with Crippen molar-refractivity contribution in [2.45, 2.75) is 19.3 Å². The van der Waals surface area contributed by atoms with Crippen LogP contribution >= 0.6 is 0 Å². The number of para-hydroxylation sites is 1. The van der Waals surface area contributed by atoms with E-state index in [1.54, 1.807) is 6.08 Å². The van der Waals surface area contributed by atoms with Gasteiger partial charge in [-0.05, 0) is 37.5 Å². The van der Waals surface area contributed by atoms with E-state index >= 15 is 0 Å². The van der Waals surface area contributed by atoms with Crippen molar-refractivity contribution in [2.75, 3.05) is 18.0 Å². The van der Waals surface area contributed by atoms with Gasteiger partial charge in [0, 0.05) is 5.39 Å². The molecule has 4 heteroatoms. The van der Waals surface area contributed by atoms with E-state index in [4.69, 9.17) is 10.5 Å². The molecule has 22 heavy (non-hydrogen) atoms. The van der Waals surface area contributed by atoms with Gasteiger partial charge in [-0.2, -0.15) is 10.5 Å². The molecule has 0 radical (unpaired) electrons. The highest BCUT2D eigenvalue weighted by Gasteiger charge is 2.23. The Morgan fingerprint density at radius 1 is 1.09 bits per heavy atom. The van der Waals surface area contributed by atoms with Crippen molar-refractivity contribution >= 4 is 22.8 Å². The van der Waals surface area contributed by atoms with Gasteiger partial charge in [-0.3, -0.25) is 4.90 Å². The Morgan fingerprint density at radius 2 is 1.82 bits per heavy atom. The Bertz CT molecular complexity index is 786. The quantitative estimate of drug-likeness (QED) is 0.798.